The van der Waals surface area contributed by atoms with Crippen molar-refractivity contribution in [2.24, 2.45) is 5.92 Å². The van der Waals surface area contributed by atoms with Crippen molar-refractivity contribution in [1.29, 1.82) is 0 Å². The van der Waals surface area contributed by atoms with Gasteiger partial charge in [0.05, 0.1) is 0 Å². The van der Waals surface area contributed by atoms with Crippen LogP contribution in [0.1, 0.15) is 32.6 Å². The van der Waals surface area contributed by atoms with E-state index in [0.717, 1.165) is 12.0 Å². The lowest BCUT2D eigenvalue weighted by Gasteiger charge is -2.41. The van der Waals surface area contributed by atoms with Crippen molar-refractivity contribution in [3.05, 3.63) is 12.2 Å². The van der Waals surface area contributed by atoms with E-state index in [1.54, 1.807) is 0 Å². The van der Waals surface area contributed by atoms with Crippen molar-refractivity contribution in [3.8, 4) is 0 Å². The predicted molar refractivity (Wildman–Crippen MR) is 69.6 cm³/mol. The highest BCUT2D eigenvalue weighted by Gasteiger charge is 2.27. The third-order valence-corrected chi connectivity index (χ3v) is 4.45. The molecule has 16 heavy (non-hydrogen) atoms. The number of hydrogen-bond acceptors (Lipinski definition) is 2. The molecule has 0 amide bonds. The molecule has 0 N–H and O–H groups in total. The van der Waals surface area contributed by atoms with Crippen LogP contribution in [-0.4, -0.2) is 49.1 Å². The molecule has 0 atom stereocenters. The lowest BCUT2D eigenvalue weighted by Crippen LogP contribution is -2.49. The van der Waals surface area contributed by atoms with E-state index >= 15 is 0 Å². The maximum absolute atomic E-state index is 4.11. The minimum atomic E-state index is 0.809. The van der Waals surface area contributed by atoms with Gasteiger partial charge in [-0.1, -0.05) is 12.2 Å². The first-order chi connectivity index (χ1) is 7.66. The highest BCUT2D eigenvalue weighted by molar-refractivity contribution is 4.99. The van der Waals surface area contributed by atoms with E-state index in [9.17, 15) is 0 Å². The molecule has 0 aromatic heterocycles. The Morgan fingerprint density at radius 1 is 1.00 bits per heavy atom. The standard InChI is InChI=1S/C14H26N2/c1-12(2)13-4-6-14(7-5-13)16-10-8-15(3)9-11-16/h13-14H,1,4-11H2,2-3H3. The molecule has 1 aliphatic carbocycles. The van der Waals surface area contributed by atoms with Crippen LogP contribution < -0.4 is 0 Å². The fourth-order valence-corrected chi connectivity index (χ4v) is 3.12. The highest BCUT2D eigenvalue weighted by Crippen LogP contribution is 2.31. The first kappa shape index (κ1) is 12.1. The maximum Gasteiger partial charge on any atom is 0.0113 e. The van der Waals surface area contributed by atoms with Crippen molar-refractivity contribution in [3.63, 3.8) is 0 Å². The summed E-state index contributed by atoms with van der Waals surface area (Å²) < 4.78 is 0. The molecular weight excluding hydrogens is 196 g/mol. The maximum atomic E-state index is 4.11. The van der Waals surface area contributed by atoms with Crippen LogP contribution in [0.3, 0.4) is 0 Å². The molecule has 0 bridgehead atoms. The number of hydrogen-bond donors (Lipinski definition) is 0. The molecular formula is C14H26N2. The lowest BCUT2D eigenvalue weighted by molar-refractivity contribution is 0.0847. The number of rotatable bonds is 2. The second-order valence-electron chi connectivity index (χ2n) is 5.69. The van der Waals surface area contributed by atoms with Crippen LogP contribution in [0.2, 0.25) is 0 Å². The van der Waals surface area contributed by atoms with Gasteiger partial charge in [0.2, 0.25) is 0 Å². The van der Waals surface area contributed by atoms with Crippen molar-refractivity contribution in [1.82, 2.24) is 9.80 Å². The predicted octanol–water partition coefficient (Wildman–Crippen LogP) is 2.37. The van der Waals surface area contributed by atoms with Crippen LogP contribution in [-0.2, 0) is 0 Å². The van der Waals surface area contributed by atoms with Gasteiger partial charge < -0.3 is 4.90 Å². The van der Waals surface area contributed by atoms with Gasteiger partial charge in [0.25, 0.3) is 0 Å². The summed E-state index contributed by atoms with van der Waals surface area (Å²) in [4.78, 5) is 5.16. The highest BCUT2D eigenvalue weighted by atomic mass is 15.3. The molecule has 2 heteroatoms. The van der Waals surface area contributed by atoms with E-state index in [2.05, 4.69) is 30.4 Å². The van der Waals surface area contributed by atoms with Gasteiger partial charge in [-0.05, 0) is 45.6 Å². The SMILES string of the molecule is C=C(C)C1CCC(N2CCN(C)CC2)CC1. The van der Waals surface area contributed by atoms with Gasteiger partial charge in [-0.25, -0.2) is 0 Å². The number of allylic oxidation sites excluding steroid dienone is 1. The topological polar surface area (TPSA) is 6.48 Å². The summed E-state index contributed by atoms with van der Waals surface area (Å²) in [6, 6.07) is 0.865. The molecule has 0 aromatic carbocycles. The van der Waals surface area contributed by atoms with Crippen molar-refractivity contribution < 1.29 is 0 Å². The van der Waals surface area contributed by atoms with E-state index < -0.39 is 0 Å². The van der Waals surface area contributed by atoms with Gasteiger partial charge in [-0.2, -0.15) is 0 Å². The summed E-state index contributed by atoms with van der Waals surface area (Å²) in [5.74, 6) is 0.809. The van der Waals surface area contributed by atoms with E-state index in [0.29, 0.717) is 0 Å². The second-order valence-corrected chi connectivity index (χ2v) is 5.69. The lowest BCUT2D eigenvalue weighted by atomic mass is 9.82. The first-order valence-corrected chi connectivity index (χ1v) is 6.75. The van der Waals surface area contributed by atoms with Crippen LogP contribution in [0, 0.1) is 5.92 Å². The Morgan fingerprint density at radius 3 is 2.06 bits per heavy atom. The van der Waals surface area contributed by atoms with Crippen LogP contribution in [0.5, 0.6) is 0 Å². The summed E-state index contributed by atoms with van der Waals surface area (Å²) in [5.41, 5.74) is 1.40. The Hall–Kier alpha value is -0.340. The van der Waals surface area contributed by atoms with Gasteiger partial charge in [-0.3, -0.25) is 4.90 Å². The Morgan fingerprint density at radius 2 is 1.56 bits per heavy atom. The summed E-state index contributed by atoms with van der Waals surface area (Å²) >= 11 is 0. The fourth-order valence-electron chi connectivity index (χ4n) is 3.12. The van der Waals surface area contributed by atoms with Crippen LogP contribution >= 0.6 is 0 Å². The Balaban J connectivity index is 1.78. The molecule has 92 valence electrons. The zero-order valence-corrected chi connectivity index (χ0v) is 10.9. The Bertz CT molecular complexity index is 233. The first-order valence-electron chi connectivity index (χ1n) is 6.75. The molecule has 1 heterocycles. The molecule has 1 saturated carbocycles. The average Bonchev–Trinajstić information content (AvgIpc) is 2.30. The molecule has 2 fully saturated rings. The number of nitrogens with zero attached hydrogens (tertiary/aromatic N) is 2. The summed E-state index contributed by atoms with van der Waals surface area (Å²) in [7, 11) is 2.23. The molecule has 2 aliphatic rings. The quantitative estimate of drug-likeness (QED) is 0.662. The Labute approximate surface area is 100 Å². The zero-order valence-electron chi connectivity index (χ0n) is 10.9. The van der Waals surface area contributed by atoms with Crippen molar-refractivity contribution in [2.45, 2.75) is 38.6 Å². The zero-order chi connectivity index (χ0) is 11.5. The van der Waals surface area contributed by atoms with Gasteiger partial charge in [0.15, 0.2) is 0 Å². The van der Waals surface area contributed by atoms with E-state index in [-0.39, 0.29) is 0 Å². The molecule has 0 spiro atoms. The van der Waals surface area contributed by atoms with Gasteiger partial charge in [0, 0.05) is 32.2 Å². The van der Waals surface area contributed by atoms with Crippen molar-refractivity contribution >= 4 is 0 Å². The molecule has 1 aliphatic heterocycles. The van der Waals surface area contributed by atoms with Gasteiger partial charge in [0.1, 0.15) is 0 Å². The molecule has 0 radical (unpaired) electrons. The Kier molecular flexibility index (Phi) is 4.04. The molecule has 0 unspecified atom stereocenters. The van der Waals surface area contributed by atoms with Crippen LogP contribution in [0.25, 0.3) is 0 Å². The van der Waals surface area contributed by atoms with E-state index in [1.807, 2.05) is 0 Å². The van der Waals surface area contributed by atoms with E-state index in [4.69, 9.17) is 0 Å². The summed E-state index contributed by atoms with van der Waals surface area (Å²) in [6.45, 7) is 11.4. The minimum absolute atomic E-state index is 0.809. The fraction of sp³-hybridized carbons (Fsp3) is 0.857. The summed E-state index contributed by atoms with van der Waals surface area (Å²) in [6.07, 6.45) is 5.52. The average molecular weight is 222 g/mol. The summed E-state index contributed by atoms with van der Waals surface area (Å²) in [5, 5.41) is 0. The largest absolute Gasteiger partial charge is 0.304 e. The van der Waals surface area contributed by atoms with Crippen LogP contribution in [0.15, 0.2) is 12.2 Å². The second kappa shape index (κ2) is 5.33. The normalized spacial score (nSPS) is 33.9. The number of piperazine rings is 1. The monoisotopic (exact) mass is 222 g/mol. The number of likely N-dealkylation sites (N-methyl/N-ethyl adjacent to an activating group) is 1. The molecule has 2 nitrogen and oxygen atoms in total. The van der Waals surface area contributed by atoms with E-state index in [1.165, 1.54) is 57.4 Å². The van der Waals surface area contributed by atoms with Crippen molar-refractivity contribution in [2.75, 3.05) is 33.2 Å². The minimum Gasteiger partial charge on any atom is -0.304 e. The third kappa shape index (κ3) is 2.86. The molecule has 2 rings (SSSR count). The van der Waals surface area contributed by atoms with Crippen LogP contribution in [0.4, 0.5) is 0 Å². The van der Waals surface area contributed by atoms with Gasteiger partial charge >= 0.3 is 0 Å². The molecule has 0 aromatic rings. The smallest absolute Gasteiger partial charge is 0.0113 e. The molecule has 1 saturated heterocycles. The third-order valence-electron chi connectivity index (χ3n) is 4.45. The van der Waals surface area contributed by atoms with Gasteiger partial charge in [-0.15, -0.1) is 0 Å².